The second-order valence-corrected chi connectivity index (χ2v) is 9.95. The molecule has 0 unspecified atom stereocenters. The van der Waals surface area contributed by atoms with Gasteiger partial charge >= 0.3 is 0 Å². The van der Waals surface area contributed by atoms with E-state index in [9.17, 15) is 9.59 Å². The summed E-state index contributed by atoms with van der Waals surface area (Å²) in [5.41, 5.74) is 3.21. The molecule has 0 spiro atoms. The predicted octanol–water partition coefficient (Wildman–Crippen LogP) is 5.55. The number of amides is 2. The Morgan fingerprint density at radius 1 is 1.09 bits per heavy atom. The van der Waals surface area contributed by atoms with Crippen molar-refractivity contribution in [3.8, 4) is 5.75 Å². The summed E-state index contributed by atoms with van der Waals surface area (Å²) in [6.45, 7) is 7.92. The van der Waals surface area contributed by atoms with Gasteiger partial charge in [-0.05, 0) is 62.9 Å². The number of hydrogen-bond donors (Lipinski definition) is 2. The lowest BCUT2D eigenvalue weighted by molar-refractivity contribution is -0.119. The fourth-order valence-corrected chi connectivity index (χ4v) is 4.69. The highest BCUT2D eigenvalue weighted by atomic mass is 32.1. The molecule has 1 aliphatic heterocycles. The van der Waals surface area contributed by atoms with Crippen LogP contribution < -0.4 is 15.4 Å². The first-order valence-electron chi connectivity index (χ1n) is 10.9. The Balaban J connectivity index is 1.63. The van der Waals surface area contributed by atoms with Crippen LogP contribution >= 0.6 is 11.3 Å². The molecule has 0 radical (unpaired) electrons. The molecule has 2 heterocycles. The minimum absolute atomic E-state index is 0.212. The highest BCUT2D eigenvalue weighted by Gasteiger charge is 2.35. The van der Waals surface area contributed by atoms with Crippen molar-refractivity contribution in [3.63, 3.8) is 0 Å². The van der Waals surface area contributed by atoms with E-state index < -0.39 is 5.60 Å². The Hall–Kier alpha value is -3.38. The molecule has 170 valence electrons. The Morgan fingerprint density at radius 2 is 1.88 bits per heavy atom. The SMILES string of the molecule is Cc1ccc2c(c1)[C@@H](NC(=O)/C(=C/c1cccs1)NC(=O)c1ccccc1C)CC(C)(C)O2. The maximum atomic E-state index is 13.5. The number of hydrogen-bond acceptors (Lipinski definition) is 4. The molecule has 0 aliphatic carbocycles. The van der Waals surface area contributed by atoms with Gasteiger partial charge in [-0.1, -0.05) is 42.0 Å². The Labute approximate surface area is 198 Å². The zero-order valence-electron chi connectivity index (χ0n) is 19.3. The maximum absolute atomic E-state index is 13.5. The summed E-state index contributed by atoms with van der Waals surface area (Å²) in [5.74, 6) is 0.130. The molecule has 0 saturated heterocycles. The summed E-state index contributed by atoms with van der Waals surface area (Å²) in [6, 6.07) is 16.9. The summed E-state index contributed by atoms with van der Waals surface area (Å²) in [4.78, 5) is 27.3. The van der Waals surface area contributed by atoms with Crippen molar-refractivity contribution in [2.75, 3.05) is 0 Å². The fourth-order valence-electron chi connectivity index (χ4n) is 4.03. The predicted molar refractivity (Wildman–Crippen MR) is 132 cm³/mol. The molecule has 0 bridgehead atoms. The Kier molecular flexibility index (Phi) is 6.38. The van der Waals surface area contributed by atoms with Crippen LogP contribution in [-0.2, 0) is 4.79 Å². The number of carbonyl (C=O) groups excluding carboxylic acids is 2. The number of nitrogens with one attached hydrogen (secondary N) is 2. The van der Waals surface area contributed by atoms with Crippen molar-refractivity contribution in [2.45, 2.75) is 45.8 Å². The number of carbonyl (C=O) groups is 2. The van der Waals surface area contributed by atoms with Crippen LogP contribution in [0.2, 0.25) is 0 Å². The smallest absolute Gasteiger partial charge is 0.268 e. The zero-order chi connectivity index (χ0) is 23.6. The normalized spacial score (nSPS) is 17.0. The van der Waals surface area contributed by atoms with Crippen LogP contribution in [0.5, 0.6) is 5.75 Å². The van der Waals surface area contributed by atoms with Crippen molar-refractivity contribution >= 4 is 29.2 Å². The number of benzene rings is 2. The van der Waals surface area contributed by atoms with Gasteiger partial charge in [0.1, 0.15) is 17.0 Å². The topological polar surface area (TPSA) is 67.4 Å². The molecule has 3 aromatic rings. The molecule has 2 N–H and O–H groups in total. The highest BCUT2D eigenvalue weighted by molar-refractivity contribution is 7.10. The monoisotopic (exact) mass is 460 g/mol. The van der Waals surface area contributed by atoms with E-state index in [1.54, 1.807) is 12.1 Å². The lowest BCUT2D eigenvalue weighted by Crippen LogP contribution is -2.43. The first-order chi connectivity index (χ1) is 15.7. The third-order valence-electron chi connectivity index (χ3n) is 5.64. The highest BCUT2D eigenvalue weighted by Crippen LogP contribution is 2.40. The second kappa shape index (κ2) is 9.24. The third-order valence-corrected chi connectivity index (χ3v) is 6.46. The molecule has 2 aromatic carbocycles. The van der Waals surface area contributed by atoms with Gasteiger partial charge in [0.15, 0.2) is 0 Å². The van der Waals surface area contributed by atoms with Gasteiger partial charge < -0.3 is 15.4 Å². The number of aryl methyl sites for hydroxylation is 2. The van der Waals surface area contributed by atoms with Gasteiger partial charge in [-0.3, -0.25) is 9.59 Å². The maximum Gasteiger partial charge on any atom is 0.268 e. The van der Waals surface area contributed by atoms with Gasteiger partial charge in [-0.25, -0.2) is 0 Å². The van der Waals surface area contributed by atoms with E-state index in [1.807, 2.05) is 81.6 Å². The summed E-state index contributed by atoms with van der Waals surface area (Å²) in [6.07, 6.45) is 2.34. The van der Waals surface area contributed by atoms with Crippen molar-refractivity contribution in [2.24, 2.45) is 0 Å². The summed E-state index contributed by atoms with van der Waals surface area (Å²) in [5, 5.41) is 7.92. The molecular weight excluding hydrogens is 432 g/mol. The van der Waals surface area contributed by atoms with Gasteiger partial charge in [0, 0.05) is 22.4 Å². The minimum Gasteiger partial charge on any atom is -0.487 e. The van der Waals surface area contributed by atoms with E-state index >= 15 is 0 Å². The van der Waals surface area contributed by atoms with Crippen LogP contribution in [0.3, 0.4) is 0 Å². The molecular formula is C27H28N2O3S. The average molecular weight is 461 g/mol. The largest absolute Gasteiger partial charge is 0.487 e. The van der Waals surface area contributed by atoms with E-state index in [-0.39, 0.29) is 23.6 Å². The number of rotatable bonds is 5. The molecule has 33 heavy (non-hydrogen) atoms. The average Bonchev–Trinajstić information content (AvgIpc) is 3.26. The fraction of sp³-hybridized carbons (Fsp3) is 0.259. The van der Waals surface area contributed by atoms with Gasteiger partial charge in [-0.2, -0.15) is 0 Å². The van der Waals surface area contributed by atoms with E-state index in [2.05, 4.69) is 10.6 Å². The summed E-state index contributed by atoms with van der Waals surface area (Å²) in [7, 11) is 0. The third kappa shape index (κ3) is 5.34. The molecule has 4 rings (SSSR count). The summed E-state index contributed by atoms with van der Waals surface area (Å²) < 4.78 is 6.13. The van der Waals surface area contributed by atoms with Gasteiger partial charge in [0.2, 0.25) is 0 Å². The molecule has 1 atom stereocenters. The molecule has 2 amide bonds. The molecule has 1 aromatic heterocycles. The van der Waals surface area contributed by atoms with E-state index in [1.165, 1.54) is 11.3 Å². The molecule has 0 saturated carbocycles. The summed E-state index contributed by atoms with van der Waals surface area (Å²) >= 11 is 1.50. The van der Waals surface area contributed by atoms with E-state index in [0.29, 0.717) is 12.0 Å². The first kappa shape index (κ1) is 22.8. The van der Waals surface area contributed by atoms with Crippen molar-refractivity contribution in [3.05, 3.63) is 92.8 Å². The van der Waals surface area contributed by atoms with E-state index in [4.69, 9.17) is 4.74 Å². The zero-order valence-corrected chi connectivity index (χ0v) is 20.1. The Morgan fingerprint density at radius 3 is 2.61 bits per heavy atom. The molecule has 6 heteroatoms. The standard InChI is InChI=1S/C27H28N2O3S/c1-17-11-12-24-21(14-17)23(16-27(3,4)32-24)29-26(31)22(15-19-9-7-13-33-19)28-25(30)20-10-6-5-8-18(20)2/h5-15,23H,16H2,1-4H3,(H,28,30)(H,29,31)/b22-15-/t23-/m0/s1. The van der Waals surface area contributed by atoms with Gasteiger partial charge in [0.05, 0.1) is 6.04 Å². The van der Waals surface area contributed by atoms with Crippen LogP contribution in [-0.4, -0.2) is 17.4 Å². The molecule has 1 aliphatic rings. The molecule has 5 nitrogen and oxygen atoms in total. The number of ether oxygens (including phenoxy) is 1. The lowest BCUT2D eigenvalue weighted by atomic mass is 9.89. The number of fused-ring (bicyclic) bond motifs is 1. The van der Waals surface area contributed by atoms with Gasteiger partial charge in [0.25, 0.3) is 11.8 Å². The quantitative estimate of drug-likeness (QED) is 0.490. The Bertz CT molecular complexity index is 1210. The van der Waals surface area contributed by atoms with E-state index in [0.717, 1.165) is 27.3 Å². The van der Waals surface area contributed by atoms with Crippen LogP contribution in [0.25, 0.3) is 6.08 Å². The van der Waals surface area contributed by atoms with Crippen molar-refractivity contribution in [1.29, 1.82) is 0 Å². The van der Waals surface area contributed by atoms with Crippen LogP contribution in [0.1, 0.15) is 58.2 Å². The lowest BCUT2D eigenvalue weighted by Gasteiger charge is -2.38. The van der Waals surface area contributed by atoms with Crippen molar-refractivity contribution < 1.29 is 14.3 Å². The second-order valence-electron chi connectivity index (χ2n) is 8.98. The van der Waals surface area contributed by atoms with Crippen LogP contribution in [0, 0.1) is 13.8 Å². The van der Waals surface area contributed by atoms with Crippen LogP contribution in [0.15, 0.2) is 65.7 Å². The van der Waals surface area contributed by atoms with Crippen LogP contribution in [0.4, 0.5) is 0 Å². The number of thiophene rings is 1. The minimum atomic E-state index is -0.428. The molecule has 0 fully saturated rings. The van der Waals surface area contributed by atoms with Crippen molar-refractivity contribution in [1.82, 2.24) is 10.6 Å². The first-order valence-corrected chi connectivity index (χ1v) is 11.8. The van der Waals surface area contributed by atoms with Gasteiger partial charge in [-0.15, -0.1) is 11.3 Å².